The molecule has 20 heavy (non-hydrogen) atoms. The molecule has 0 aromatic carbocycles. The van der Waals surface area contributed by atoms with Crippen LogP contribution in [-0.2, 0) is 6.42 Å². The van der Waals surface area contributed by atoms with Gasteiger partial charge >= 0.3 is 0 Å². The first-order chi connectivity index (χ1) is 9.86. The maximum Gasteiger partial charge on any atom is 0.190 e. The van der Waals surface area contributed by atoms with Gasteiger partial charge in [0.2, 0.25) is 0 Å². The van der Waals surface area contributed by atoms with Gasteiger partial charge in [0.05, 0.1) is 0 Å². The van der Waals surface area contributed by atoms with Crippen LogP contribution in [0.1, 0.15) is 30.6 Å². The predicted molar refractivity (Wildman–Crippen MR) is 86.3 cm³/mol. The van der Waals surface area contributed by atoms with Crippen molar-refractivity contribution in [2.24, 2.45) is 22.7 Å². The summed E-state index contributed by atoms with van der Waals surface area (Å²) in [5.74, 6) is 3.86. The molecule has 2 fully saturated rings. The lowest BCUT2D eigenvalue weighted by Gasteiger charge is -2.18. The monoisotopic (exact) mass is 291 g/mol. The van der Waals surface area contributed by atoms with Crippen LogP contribution in [0.2, 0.25) is 0 Å². The van der Waals surface area contributed by atoms with Crippen molar-refractivity contribution in [3.05, 3.63) is 22.4 Å². The third-order valence-electron chi connectivity index (χ3n) is 4.43. The number of rotatable bonds is 7. The van der Waals surface area contributed by atoms with E-state index in [1.54, 1.807) is 0 Å². The minimum atomic E-state index is 0.894. The van der Waals surface area contributed by atoms with Gasteiger partial charge in [0.25, 0.3) is 0 Å². The van der Waals surface area contributed by atoms with E-state index in [4.69, 9.17) is 0 Å². The average Bonchev–Trinajstić information content (AvgIpc) is 3.39. The topological polar surface area (TPSA) is 36.4 Å². The van der Waals surface area contributed by atoms with Crippen molar-refractivity contribution in [3.63, 3.8) is 0 Å². The molecule has 0 saturated heterocycles. The minimum absolute atomic E-state index is 0.894. The van der Waals surface area contributed by atoms with Crippen LogP contribution in [0.25, 0.3) is 0 Å². The molecular weight excluding hydrogens is 266 g/mol. The first-order valence-electron chi connectivity index (χ1n) is 7.83. The van der Waals surface area contributed by atoms with Gasteiger partial charge in [-0.2, -0.15) is 0 Å². The number of hydrogen-bond donors (Lipinski definition) is 2. The Kier molecular flexibility index (Phi) is 4.61. The van der Waals surface area contributed by atoms with Gasteiger partial charge in [-0.15, -0.1) is 11.3 Å². The lowest BCUT2D eigenvalue weighted by Crippen LogP contribution is -2.41. The number of aliphatic imine (C=N–C) groups is 1. The molecule has 2 aliphatic rings. The summed E-state index contributed by atoms with van der Waals surface area (Å²) in [6, 6.07) is 4.31. The summed E-state index contributed by atoms with van der Waals surface area (Å²) >= 11 is 1.82. The van der Waals surface area contributed by atoms with Gasteiger partial charge in [-0.1, -0.05) is 6.07 Å². The zero-order valence-electron chi connectivity index (χ0n) is 12.3. The molecule has 2 aliphatic carbocycles. The average molecular weight is 291 g/mol. The van der Waals surface area contributed by atoms with Crippen molar-refractivity contribution < 1.29 is 0 Å². The summed E-state index contributed by atoms with van der Waals surface area (Å²) in [5, 5.41) is 9.10. The molecule has 110 valence electrons. The van der Waals surface area contributed by atoms with Gasteiger partial charge in [0, 0.05) is 25.0 Å². The van der Waals surface area contributed by atoms with Crippen LogP contribution in [0.4, 0.5) is 0 Å². The first-order valence-corrected chi connectivity index (χ1v) is 8.71. The molecule has 3 rings (SSSR count). The number of hydrogen-bond acceptors (Lipinski definition) is 2. The Morgan fingerprint density at radius 2 is 2.05 bits per heavy atom. The van der Waals surface area contributed by atoms with Crippen molar-refractivity contribution in [3.8, 4) is 0 Å². The Bertz CT molecular complexity index is 421. The normalized spacial score (nSPS) is 19.4. The largest absolute Gasteiger partial charge is 0.356 e. The molecule has 1 heterocycles. The molecule has 4 heteroatoms. The first kappa shape index (κ1) is 13.9. The predicted octanol–water partition coefficient (Wildman–Crippen LogP) is 2.89. The standard InChI is InChI=1S/C16H25N3S/c1-17-16(18-9-8-14-3-2-10-20-14)19-11-15(12-4-5-12)13-6-7-13/h2-3,10,12-13,15H,4-9,11H2,1H3,(H2,17,18,19). The van der Waals surface area contributed by atoms with E-state index in [0.29, 0.717) is 0 Å². The fourth-order valence-electron chi connectivity index (χ4n) is 2.96. The molecule has 1 aromatic rings. The number of thiophene rings is 1. The highest BCUT2D eigenvalue weighted by Gasteiger charge is 2.41. The van der Waals surface area contributed by atoms with Crippen LogP contribution in [0.15, 0.2) is 22.5 Å². The van der Waals surface area contributed by atoms with Gasteiger partial charge in [0.1, 0.15) is 0 Å². The van der Waals surface area contributed by atoms with Gasteiger partial charge < -0.3 is 10.6 Å². The smallest absolute Gasteiger partial charge is 0.190 e. The van der Waals surface area contributed by atoms with E-state index in [1.165, 1.54) is 30.6 Å². The number of nitrogens with zero attached hydrogens (tertiary/aromatic N) is 1. The molecule has 0 radical (unpaired) electrons. The summed E-state index contributed by atoms with van der Waals surface area (Å²) in [6.45, 7) is 2.06. The number of guanidine groups is 1. The van der Waals surface area contributed by atoms with Crippen molar-refractivity contribution in [1.82, 2.24) is 10.6 Å². The molecule has 0 spiro atoms. The summed E-state index contributed by atoms with van der Waals surface area (Å²) in [6.07, 6.45) is 6.88. The van der Waals surface area contributed by atoms with E-state index in [9.17, 15) is 0 Å². The number of nitrogens with one attached hydrogen (secondary N) is 2. The van der Waals surface area contributed by atoms with Gasteiger partial charge in [-0.05, 0) is 61.3 Å². The molecule has 0 unspecified atom stereocenters. The molecule has 0 atom stereocenters. The molecular formula is C16H25N3S. The second kappa shape index (κ2) is 6.61. The van der Waals surface area contributed by atoms with Crippen LogP contribution in [-0.4, -0.2) is 26.1 Å². The van der Waals surface area contributed by atoms with E-state index >= 15 is 0 Å². The van der Waals surface area contributed by atoms with E-state index in [1.807, 2.05) is 18.4 Å². The van der Waals surface area contributed by atoms with Gasteiger partial charge in [-0.3, -0.25) is 4.99 Å². The van der Waals surface area contributed by atoms with E-state index in [0.717, 1.165) is 43.2 Å². The molecule has 2 N–H and O–H groups in total. The van der Waals surface area contributed by atoms with E-state index < -0.39 is 0 Å². The SMILES string of the molecule is CN=C(NCCc1cccs1)NCC(C1CC1)C1CC1. The molecule has 0 aliphatic heterocycles. The lowest BCUT2D eigenvalue weighted by molar-refractivity contribution is 0.400. The van der Waals surface area contributed by atoms with Crippen molar-refractivity contribution >= 4 is 17.3 Å². The molecule has 2 saturated carbocycles. The molecule has 1 aromatic heterocycles. The third-order valence-corrected chi connectivity index (χ3v) is 5.36. The van der Waals surface area contributed by atoms with Crippen LogP contribution < -0.4 is 10.6 Å². The highest BCUT2D eigenvalue weighted by Crippen LogP contribution is 2.48. The Hall–Kier alpha value is -1.03. The second-order valence-electron chi connectivity index (χ2n) is 6.05. The fraction of sp³-hybridized carbons (Fsp3) is 0.688. The zero-order chi connectivity index (χ0) is 13.8. The maximum atomic E-state index is 4.34. The van der Waals surface area contributed by atoms with Crippen LogP contribution in [0, 0.1) is 17.8 Å². The Morgan fingerprint density at radius 1 is 1.30 bits per heavy atom. The molecule has 0 bridgehead atoms. The van der Waals surface area contributed by atoms with Crippen LogP contribution in [0.5, 0.6) is 0 Å². The van der Waals surface area contributed by atoms with Gasteiger partial charge in [-0.25, -0.2) is 0 Å². The summed E-state index contributed by atoms with van der Waals surface area (Å²) in [5.41, 5.74) is 0. The summed E-state index contributed by atoms with van der Waals surface area (Å²) < 4.78 is 0. The Balaban J connectivity index is 1.38. The van der Waals surface area contributed by atoms with Crippen LogP contribution >= 0.6 is 11.3 Å². The fourth-order valence-corrected chi connectivity index (χ4v) is 3.67. The van der Waals surface area contributed by atoms with Crippen molar-refractivity contribution in [2.45, 2.75) is 32.1 Å². The van der Waals surface area contributed by atoms with E-state index in [2.05, 4.69) is 33.1 Å². The molecule has 0 amide bonds. The quantitative estimate of drug-likeness (QED) is 0.598. The van der Waals surface area contributed by atoms with Crippen molar-refractivity contribution in [2.75, 3.05) is 20.1 Å². The maximum absolute atomic E-state index is 4.34. The Morgan fingerprint density at radius 3 is 2.60 bits per heavy atom. The highest BCUT2D eigenvalue weighted by atomic mass is 32.1. The zero-order valence-corrected chi connectivity index (χ0v) is 13.1. The Labute approximate surface area is 125 Å². The van der Waals surface area contributed by atoms with Gasteiger partial charge in [0.15, 0.2) is 5.96 Å². The van der Waals surface area contributed by atoms with Crippen LogP contribution in [0.3, 0.4) is 0 Å². The van der Waals surface area contributed by atoms with Crippen molar-refractivity contribution in [1.29, 1.82) is 0 Å². The summed E-state index contributed by atoms with van der Waals surface area (Å²) in [4.78, 5) is 5.77. The second-order valence-corrected chi connectivity index (χ2v) is 7.08. The minimum Gasteiger partial charge on any atom is -0.356 e. The lowest BCUT2D eigenvalue weighted by atomic mass is 9.98. The summed E-state index contributed by atoms with van der Waals surface area (Å²) in [7, 11) is 1.86. The third kappa shape index (κ3) is 3.98. The highest BCUT2D eigenvalue weighted by molar-refractivity contribution is 7.09. The van der Waals surface area contributed by atoms with E-state index in [-0.39, 0.29) is 0 Å². The molecule has 3 nitrogen and oxygen atoms in total.